The van der Waals surface area contributed by atoms with Crippen LogP contribution in [0.4, 0.5) is 0 Å². The highest BCUT2D eigenvalue weighted by molar-refractivity contribution is 7.91. The molecule has 0 radical (unpaired) electrons. The Morgan fingerprint density at radius 3 is 2.52 bits per heavy atom. The van der Waals surface area contributed by atoms with E-state index in [2.05, 4.69) is 10.6 Å². The van der Waals surface area contributed by atoms with E-state index in [1.54, 1.807) is 17.5 Å². The summed E-state index contributed by atoms with van der Waals surface area (Å²) in [6, 6.07) is 12.2. The van der Waals surface area contributed by atoms with Crippen molar-refractivity contribution < 1.29 is 18.0 Å². The fraction of sp³-hybridized carbons (Fsp3) is 0.333. The molecule has 2 amide bonds. The number of carbonyl (C=O) groups excluding carboxylic acids is 2. The average Bonchev–Trinajstić information content (AvgIpc) is 3.37. The largest absolute Gasteiger partial charge is 0.346 e. The van der Waals surface area contributed by atoms with Gasteiger partial charge in [-0.1, -0.05) is 36.4 Å². The van der Waals surface area contributed by atoms with Gasteiger partial charge < -0.3 is 10.6 Å². The molecule has 7 nitrogen and oxygen atoms in total. The minimum Gasteiger partial charge on any atom is -0.346 e. The van der Waals surface area contributed by atoms with Gasteiger partial charge in [-0.2, -0.15) is 4.31 Å². The number of nitrogens with zero attached hydrogens (tertiary/aromatic N) is 1. The monoisotopic (exact) mass is 407 g/mol. The van der Waals surface area contributed by atoms with Gasteiger partial charge in [-0.05, 0) is 29.9 Å². The van der Waals surface area contributed by atoms with E-state index in [9.17, 15) is 18.0 Å². The Balaban J connectivity index is 1.52. The summed E-state index contributed by atoms with van der Waals surface area (Å²) in [5.41, 5.74) is 0.891. The molecule has 2 aromatic rings. The highest BCUT2D eigenvalue weighted by atomic mass is 32.2. The van der Waals surface area contributed by atoms with Crippen molar-refractivity contribution in [2.75, 3.05) is 13.1 Å². The van der Waals surface area contributed by atoms with Gasteiger partial charge in [-0.15, -0.1) is 11.3 Å². The van der Waals surface area contributed by atoms with E-state index in [4.69, 9.17) is 0 Å². The Bertz CT molecular complexity index is 883. The third kappa shape index (κ3) is 4.74. The van der Waals surface area contributed by atoms with E-state index in [0.29, 0.717) is 17.2 Å². The first-order valence-corrected chi connectivity index (χ1v) is 11.0. The number of amides is 2. The molecular weight excluding hydrogens is 386 g/mol. The molecule has 0 bridgehead atoms. The molecule has 27 heavy (non-hydrogen) atoms. The Hall–Kier alpha value is -2.23. The van der Waals surface area contributed by atoms with Gasteiger partial charge in [-0.3, -0.25) is 9.59 Å². The molecule has 144 valence electrons. The number of thiophene rings is 1. The maximum absolute atomic E-state index is 12.7. The van der Waals surface area contributed by atoms with Crippen LogP contribution in [0, 0.1) is 0 Å². The van der Waals surface area contributed by atoms with E-state index in [1.807, 2.05) is 30.3 Å². The Morgan fingerprint density at radius 1 is 1.07 bits per heavy atom. The van der Waals surface area contributed by atoms with Gasteiger partial charge in [0, 0.05) is 25.7 Å². The summed E-state index contributed by atoms with van der Waals surface area (Å²) in [6.07, 6.45) is 1.38. The normalized spacial score (nSPS) is 17.6. The summed E-state index contributed by atoms with van der Waals surface area (Å²) >= 11 is 1.17. The van der Waals surface area contributed by atoms with Crippen LogP contribution in [0.25, 0.3) is 0 Å². The molecule has 2 heterocycles. The zero-order chi connectivity index (χ0) is 19.3. The first-order chi connectivity index (χ1) is 13.0. The Kier molecular flexibility index (Phi) is 6.25. The summed E-state index contributed by atoms with van der Waals surface area (Å²) in [4.78, 5) is 23.9. The van der Waals surface area contributed by atoms with Crippen LogP contribution < -0.4 is 10.6 Å². The highest BCUT2D eigenvalue weighted by Gasteiger charge is 2.36. The van der Waals surface area contributed by atoms with Gasteiger partial charge in [0.05, 0.1) is 0 Å². The zero-order valence-corrected chi connectivity index (χ0v) is 16.3. The maximum atomic E-state index is 12.7. The third-order valence-corrected chi connectivity index (χ3v) is 7.71. The predicted octanol–water partition coefficient (Wildman–Crippen LogP) is 1.33. The zero-order valence-electron chi connectivity index (χ0n) is 14.6. The number of hydrogen-bond donors (Lipinski definition) is 2. The average molecular weight is 408 g/mol. The fourth-order valence-corrected chi connectivity index (χ4v) is 5.82. The molecule has 1 saturated heterocycles. The summed E-state index contributed by atoms with van der Waals surface area (Å²) in [5, 5.41) is 6.83. The van der Waals surface area contributed by atoms with Gasteiger partial charge in [0.2, 0.25) is 0 Å². The van der Waals surface area contributed by atoms with Crippen LogP contribution >= 0.6 is 11.3 Å². The second-order valence-corrected chi connectivity index (χ2v) is 9.29. The van der Waals surface area contributed by atoms with Gasteiger partial charge >= 0.3 is 11.8 Å². The lowest BCUT2D eigenvalue weighted by Crippen LogP contribution is -2.46. The van der Waals surface area contributed by atoms with Crippen molar-refractivity contribution in [3.05, 3.63) is 53.4 Å². The van der Waals surface area contributed by atoms with Crippen molar-refractivity contribution >= 4 is 33.2 Å². The van der Waals surface area contributed by atoms with Gasteiger partial charge in [0.15, 0.2) is 0 Å². The number of rotatable bonds is 6. The number of hydrogen-bond acceptors (Lipinski definition) is 5. The Labute approximate surface area is 162 Å². The molecule has 0 saturated carbocycles. The third-order valence-electron chi connectivity index (χ3n) is 4.38. The van der Waals surface area contributed by atoms with Crippen LogP contribution in [0.1, 0.15) is 18.4 Å². The summed E-state index contributed by atoms with van der Waals surface area (Å²) in [7, 11) is -3.56. The lowest BCUT2D eigenvalue weighted by Gasteiger charge is -2.23. The lowest BCUT2D eigenvalue weighted by molar-refractivity contribution is -0.139. The first-order valence-electron chi connectivity index (χ1n) is 8.64. The fourth-order valence-electron chi connectivity index (χ4n) is 3.00. The molecule has 1 aromatic heterocycles. The van der Waals surface area contributed by atoms with Crippen molar-refractivity contribution in [1.82, 2.24) is 14.9 Å². The van der Waals surface area contributed by atoms with Crippen molar-refractivity contribution in [2.24, 2.45) is 0 Å². The molecule has 2 N–H and O–H groups in total. The molecule has 9 heteroatoms. The molecule has 1 aliphatic rings. The van der Waals surface area contributed by atoms with Crippen LogP contribution in [0.5, 0.6) is 0 Å². The SMILES string of the molecule is O=C(NCc1ccccc1)C(=O)NC[C@@H]1CCCN1S(=O)(=O)c1cccs1. The second kappa shape index (κ2) is 8.64. The van der Waals surface area contributed by atoms with Crippen LogP contribution in [0.3, 0.4) is 0 Å². The maximum Gasteiger partial charge on any atom is 0.309 e. The number of carbonyl (C=O) groups is 2. The van der Waals surface area contributed by atoms with Gasteiger partial charge in [-0.25, -0.2) is 8.42 Å². The molecule has 0 aliphatic carbocycles. The van der Waals surface area contributed by atoms with Crippen molar-refractivity contribution in [2.45, 2.75) is 29.6 Å². The van der Waals surface area contributed by atoms with E-state index in [-0.39, 0.29) is 19.1 Å². The Morgan fingerprint density at radius 2 is 1.81 bits per heavy atom. The van der Waals surface area contributed by atoms with Gasteiger partial charge in [0.25, 0.3) is 10.0 Å². The minimum absolute atomic E-state index is 0.113. The minimum atomic E-state index is -3.56. The number of benzene rings is 1. The molecule has 3 rings (SSSR count). The summed E-state index contributed by atoms with van der Waals surface area (Å²) in [5.74, 6) is -1.49. The van der Waals surface area contributed by atoms with Crippen molar-refractivity contribution in [3.8, 4) is 0 Å². The molecule has 1 fully saturated rings. The summed E-state index contributed by atoms with van der Waals surface area (Å²) in [6.45, 7) is 0.790. The molecule has 1 aliphatic heterocycles. The molecule has 0 spiro atoms. The van der Waals surface area contributed by atoms with Crippen LogP contribution in [-0.4, -0.2) is 43.7 Å². The lowest BCUT2D eigenvalue weighted by atomic mass is 10.2. The molecular formula is C18H21N3O4S2. The quantitative estimate of drug-likeness (QED) is 0.707. The van der Waals surface area contributed by atoms with Gasteiger partial charge in [0.1, 0.15) is 4.21 Å². The topological polar surface area (TPSA) is 95.6 Å². The van der Waals surface area contributed by atoms with Crippen LogP contribution in [-0.2, 0) is 26.2 Å². The smallest absolute Gasteiger partial charge is 0.309 e. The molecule has 1 aromatic carbocycles. The van der Waals surface area contributed by atoms with E-state index in [1.165, 1.54) is 15.6 Å². The number of nitrogens with one attached hydrogen (secondary N) is 2. The second-order valence-electron chi connectivity index (χ2n) is 6.22. The summed E-state index contributed by atoms with van der Waals surface area (Å²) < 4.78 is 27.1. The van der Waals surface area contributed by atoms with E-state index < -0.39 is 21.8 Å². The van der Waals surface area contributed by atoms with Crippen molar-refractivity contribution in [3.63, 3.8) is 0 Å². The van der Waals surface area contributed by atoms with Crippen molar-refractivity contribution in [1.29, 1.82) is 0 Å². The van der Waals surface area contributed by atoms with E-state index >= 15 is 0 Å². The first kappa shape index (κ1) is 19.5. The van der Waals surface area contributed by atoms with E-state index in [0.717, 1.165) is 12.0 Å². The molecule has 0 unspecified atom stereocenters. The van der Waals surface area contributed by atoms with Crippen LogP contribution in [0.2, 0.25) is 0 Å². The molecule has 1 atom stereocenters. The number of sulfonamides is 1. The standard InChI is InChI=1S/C18H21N3O4S2/c22-17(19-12-14-6-2-1-3-7-14)18(23)20-13-15-8-4-10-21(15)27(24,25)16-9-5-11-26-16/h1-3,5-7,9,11,15H,4,8,10,12-13H2,(H,19,22)(H,20,23)/t15-/m0/s1. The predicted molar refractivity (Wildman–Crippen MR) is 103 cm³/mol. The van der Waals surface area contributed by atoms with Crippen LogP contribution in [0.15, 0.2) is 52.1 Å². The highest BCUT2D eigenvalue weighted by Crippen LogP contribution is 2.28.